The second-order valence-electron chi connectivity index (χ2n) is 7.57. The van der Waals surface area contributed by atoms with Crippen LogP contribution >= 0.6 is 0 Å². The molecule has 1 heterocycles. The van der Waals surface area contributed by atoms with E-state index in [1.165, 1.54) is 17.7 Å². The molecule has 1 aromatic heterocycles. The van der Waals surface area contributed by atoms with Gasteiger partial charge in [0, 0.05) is 11.8 Å². The Labute approximate surface area is 164 Å². The van der Waals surface area contributed by atoms with Crippen molar-refractivity contribution in [1.82, 2.24) is 9.97 Å². The van der Waals surface area contributed by atoms with Crippen LogP contribution < -0.4 is 10.6 Å². The van der Waals surface area contributed by atoms with Gasteiger partial charge in [-0.2, -0.15) is 0 Å². The lowest BCUT2D eigenvalue weighted by Gasteiger charge is -2.19. The number of hydrogen-bond acceptors (Lipinski definition) is 4. The van der Waals surface area contributed by atoms with E-state index in [0.29, 0.717) is 11.6 Å². The first-order valence-electron chi connectivity index (χ1n) is 9.01. The average Bonchev–Trinajstić information content (AvgIpc) is 2.63. The SMILES string of the molecule is Cc1nc(Nc2ccc(C(C)(C)C)cc2)cc(C(=O)Nc2ccccc2F)n1. The van der Waals surface area contributed by atoms with Gasteiger partial charge in [-0.3, -0.25) is 4.79 Å². The molecule has 0 bridgehead atoms. The van der Waals surface area contributed by atoms with Crippen LogP contribution in [-0.4, -0.2) is 15.9 Å². The molecule has 0 fully saturated rings. The zero-order valence-corrected chi connectivity index (χ0v) is 16.4. The second kappa shape index (κ2) is 7.76. The summed E-state index contributed by atoms with van der Waals surface area (Å²) < 4.78 is 13.8. The molecular weight excluding hydrogens is 355 g/mol. The first-order chi connectivity index (χ1) is 13.2. The number of aryl methyl sites for hydroxylation is 1. The molecule has 2 N–H and O–H groups in total. The normalized spacial score (nSPS) is 11.2. The highest BCUT2D eigenvalue weighted by atomic mass is 19.1. The van der Waals surface area contributed by atoms with Gasteiger partial charge >= 0.3 is 0 Å². The van der Waals surface area contributed by atoms with Crippen LogP contribution in [0, 0.1) is 12.7 Å². The largest absolute Gasteiger partial charge is 0.340 e. The minimum absolute atomic E-state index is 0.0714. The van der Waals surface area contributed by atoms with Crippen molar-refractivity contribution in [3.05, 3.63) is 77.5 Å². The zero-order chi connectivity index (χ0) is 20.3. The second-order valence-corrected chi connectivity index (χ2v) is 7.57. The van der Waals surface area contributed by atoms with Crippen LogP contribution in [0.2, 0.25) is 0 Å². The molecule has 6 heteroatoms. The molecule has 3 aromatic rings. The van der Waals surface area contributed by atoms with E-state index in [-0.39, 0.29) is 16.8 Å². The Morgan fingerprint density at radius 3 is 2.32 bits per heavy atom. The molecule has 28 heavy (non-hydrogen) atoms. The van der Waals surface area contributed by atoms with Crippen LogP contribution in [0.3, 0.4) is 0 Å². The van der Waals surface area contributed by atoms with Gasteiger partial charge in [0.1, 0.15) is 23.2 Å². The molecule has 144 valence electrons. The lowest BCUT2D eigenvalue weighted by Crippen LogP contribution is -2.16. The quantitative estimate of drug-likeness (QED) is 0.653. The highest BCUT2D eigenvalue weighted by Crippen LogP contribution is 2.25. The number of nitrogens with zero attached hydrogens (tertiary/aromatic N) is 2. The number of benzene rings is 2. The predicted octanol–water partition coefficient (Wildman–Crippen LogP) is 5.22. The highest BCUT2D eigenvalue weighted by molar-refractivity contribution is 6.03. The number of carbonyl (C=O) groups excluding carboxylic acids is 1. The third-order valence-electron chi connectivity index (χ3n) is 4.22. The van der Waals surface area contributed by atoms with E-state index in [9.17, 15) is 9.18 Å². The van der Waals surface area contributed by atoms with Crippen molar-refractivity contribution in [1.29, 1.82) is 0 Å². The highest BCUT2D eigenvalue weighted by Gasteiger charge is 2.14. The van der Waals surface area contributed by atoms with Gasteiger partial charge in [-0.15, -0.1) is 0 Å². The number of hydrogen-bond donors (Lipinski definition) is 2. The standard InChI is InChI=1S/C22H23FN4O/c1-14-24-19(21(28)27-18-8-6-5-7-17(18)23)13-20(25-14)26-16-11-9-15(10-12-16)22(2,3)4/h5-13H,1-4H3,(H,27,28)(H,24,25,26). The Hall–Kier alpha value is -3.28. The smallest absolute Gasteiger partial charge is 0.274 e. The molecule has 0 aliphatic heterocycles. The lowest BCUT2D eigenvalue weighted by molar-refractivity contribution is 0.102. The molecule has 3 rings (SSSR count). The van der Waals surface area contributed by atoms with Crippen LogP contribution in [0.5, 0.6) is 0 Å². The fourth-order valence-electron chi connectivity index (χ4n) is 2.70. The summed E-state index contributed by atoms with van der Waals surface area (Å²) >= 11 is 0. The Bertz CT molecular complexity index is 994. The third kappa shape index (κ3) is 4.71. The van der Waals surface area contributed by atoms with Crippen molar-refractivity contribution in [3.63, 3.8) is 0 Å². The number of para-hydroxylation sites is 1. The summed E-state index contributed by atoms with van der Waals surface area (Å²) in [6.07, 6.45) is 0. The summed E-state index contributed by atoms with van der Waals surface area (Å²) in [6.45, 7) is 8.17. The number of anilines is 3. The Balaban J connectivity index is 1.79. The maximum Gasteiger partial charge on any atom is 0.274 e. The van der Waals surface area contributed by atoms with Crippen molar-refractivity contribution in [2.24, 2.45) is 0 Å². The summed E-state index contributed by atoms with van der Waals surface area (Å²) in [5, 5.41) is 5.73. The Morgan fingerprint density at radius 2 is 1.68 bits per heavy atom. The first kappa shape index (κ1) is 19.5. The molecule has 0 aliphatic rings. The van der Waals surface area contributed by atoms with Gasteiger partial charge in [0.2, 0.25) is 0 Å². The minimum Gasteiger partial charge on any atom is -0.340 e. The van der Waals surface area contributed by atoms with Crippen molar-refractivity contribution in [2.75, 3.05) is 10.6 Å². The number of carbonyl (C=O) groups is 1. The van der Waals surface area contributed by atoms with Gasteiger partial charge < -0.3 is 10.6 Å². The fraction of sp³-hybridized carbons (Fsp3) is 0.227. The summed E-state index contributed by atoms with van der Waals surface area (Å²) in [7, 11) is 0. The van der Waals surface area contributed by atoms with Gasteiger partial charge in [0.25, 0.3) is 5.91 Å². The van der Waals surface area contributed by atoms with Crippen molar-refractivity contribution in [3.8, 4) is 0 Å². The Kier molecular flexibility index (Phi) is 5.40. The molecule has 5 nitrogen and oxygen atoms in total. The zero-order valence-electron chi connectivity index (χ0n) is 16.4. The number of amides is 1. The summed E-state index contributed by atoms with van der Waals surface area (Å²) in [5.74, 6) is -0.0645. The molecular formula is C22H23FN4O. The molecule has 0 radical (unpaired) electrons. The van der Waals surface area contributed by atoms with Gasteiger partial charge in [0.15, 0.2) is 0 Å². The Morgan fingerprint density at radius 1 is 1.00 bits per heavy atom. The van der Waals surface area contributed by atoms with Gasteiger partial charge in [-0.25, -0.2) is 14.4 Å². The topological polar surface area (TPSA) is 66.9 Å². The van der Waals surface area contributed by atoms with Crippen LogP contribution in [0.25, 0.3) is 0 Å². The van der Waals surface area contributed by atoms with E-state index >= 15 is 0 Å². The van der Waals surface area contributed by atoms with E-state index in [4.69, 9.17) is 0 Å². The van der Waals surface area contributed by atoms with E-state index in [0.717, 1.165) is 5.69 Å². The molecule has 1 amide bonds. The van der Waals surface area contributed by atoms with E-state index < -0.39 is 11.7 Å². The van der Waals surface area contributed by atoms with Gasteiger partial charge in [0.05, 0.1) is 5.69 Å². The van der Waals surface area contributed by atoms with E-state index in [1.807, 2.05) is 12.1 Å². The lowest BCUT2D eigenvalue weighted by atomic mass is 9.87. The van der Waals surface area contributed by atoms with Crippen molar-refractivity contribution >= 4 is 23.1 Å². The summed E-state index contributed by atoms with van der Waals surface area (Å²) in [6, 6.07) is 15.6. The number of nitrogens with one attached hydrogen (secondary N) is 2. The monoisotopic (exact) mass is 378 g/mol. The minimum atomic E-state index is -0.501. The van der Waals surface area contributed by atoms with Gasteiger partial charge in [-0.1, -0.05) is 45.0 Å². The summed E-state index contributed by atoms with van der Waals surface area (Å²) in [5.41, 5.74) is 2.41. The van der Waals surface area contributed by atoms with E-state index in [2.05, 4.69) is 53.5 Å². The molecule has 0 spiro atoms. The third-order valence-corrected chi connectivity index (χ3v) is 4.22. The van der Waals surface area contributed by atoms with Crippen LogP contribution in [-0.2, 0) is 5.41 Å². The number of aromatic nitrogens is 2. The van der Waals surface area contributed by atoms with Crippen molar-refractivity contribution in [2.45, 2.75) is 33.1 Å². The van der Waals surface area contributed by atoms with E-state index in [1.54, 1.807) is 25.1 Å². The maximum atomic E-state index is 13.8. The van der Waals surface area contributed by atoms with Crippen molar-refractivity contribution < 1.29 is 9.18 Å². The molecule has 2 aromatic carbocycles. The van der Waals surface area contributed by atoms with Crippen LogP contribution in [0.1, 0.15) is 42.6 Å². The number of halogens is 1. The maximum absolute atomic E-state index is 13.8. The van der Waals surface area contributed by atoms with Crippen LogP contribution in [0.15, 0.2) is 54.6 Å². The number of rotatable bonds is 4. The molecule has 0 aliphatic carbocycles. The molecule has 0 saturated carbocycles. The average molecular weight is 378 g/mol. The summed E-state index contributed by atoms with van der Waals surface area (Å²) in [4.78, 5) is 21.0. The predicted molar refractivity (Wildman–Crippen MR) is 110 cm³/mol. The first-order valence-corrected chi connectivity index (χ1v) is 9.01. The van der Waals surface area contributed by atoms with Crippen LogP contribution in [0.4, 0.5) is 21.6 Å². The molecule has 0 atom stereocenters. The molecule has 0 unspecified atom stereocenters. The fourth-order valence-corrected chi connectivity index (χ4v) is 2.70. The molecule has 0 saturated heterocycles. The van der Waals surface area contributed by atoms with Gasteiger partial charge in [-0.05, 0) is 42.2 Å².